The molecule has 0 saturated heterocycles. The molecule has 0 radical (unpaired) electrons. The number of nitrogens with one attached hydrogen (secondary N) is 1. The second-order valence-electron chi connectivity index (χ2n) is 5.46. The van der Waals surface area contributed by atoms with Crippen LogP contribution in [-0.2, 0) is 4.79 Å². The Kier molecular flexibility index (Phi) is 6.68. The molecule has 8 heteroatoms. The van der Waals surface area contributed by atoms with Gasteiger partial charge in [-0.25, -0.2) is 0 Å². The molecule has 0 aliphatic carbocycles. The van der Waals surface area contributed by atoms with Gasteiger partial charge < -0.3 is 5.32 Å². The van der Waals surface area contributed by atoms with E-state index in [1.165, 1.54) is 16.7 Å². The second kappa shape index (κ2) is 9.40. The van der Waals surface area contributed by atoms with Crippen molar-refractivity contribution >= 4 is 29.4 Å². The SMILES string of the molecule is Cc1ccccc1-n1nnnc1SCC(=O)NCCSc1ccccc1. The third-order valence-electron chi connectivity index (χ3n) is 3.55. The summed E-state index contributed by atoms with van der Waals surface area (Å²) in [7, 11) is 0. The summed E-state index contributed by atoms with van der Waals surface area (Å²) in [5.41, 5.74) is 1.99. The van der Waals surface area contributed by atoms with Crippen LogP contribution in [0.1, 0.15) is 5.56 Å². The van der Waals surface area contributed by atoms with Gasteiger partial charge >= 0.3 is 0 Å². The number of amides is 1. The lowest BCUT2D eigenvalue weighted by Crippen LogP contribution is -2.27. The number of carbonyl (C=O) groups is 1. The Morgan fingerprint density at radius 3 is 2.65 bits per heavy atom. The summed E-state index contributed by atoms with van der Waals surface area (Å²) in [5, 5.41) is 15.3. The van der Waals surface area contributed by atoms with Crippen molar-refractivity contribution in [2.24, 2.45) is 0 Å². The maximum Gasteiger partial charge on any atom is 0.230 e. The summed E-state index contributed by atoms with van der Waals surface area (Å²) in [6.45, 7) is 2.63. The Labute approximate surface area is 160 Å². The molecule has 0 fully saturated rings. The molecular formula is C18H19N5OS2. The maximum absolute atomic E-state index is 12.0. The third kappa shape index (κ3) is 5.09. The molecule has 0 unspecified atom stereocenters. The van der Waals surface area contributed by atoms with Crippen LogP contribution >= 0.6 is 23.5 Å². The predicted molar refractivity (Wildman–Crippen MR) is 105 cm³/mol. The van der Waals surface area contributed by atoms with Crippen molar-refractivity contribution in [3.8, 4) is 5.69 Å². The van der Waals surface area contributed by atoms with E-state index in [0.717, 1.165) is 17.0 Å². The Morgan fingerprint density at radius 1 is 1.08 bits per heavy atom. The van der Waals surface area contributed by atoms with Gasteiger partial charge in [-0.1, -0.05) is 48.2 Å². The lowest BCUT2D eigenvalue weighted by atomic mass is 10.2. The van der Waals surface area contributed by atoms with E-state index in [4.69, 9.17) is 0 Å². The fraction of sp³-hybridized carbons (Fsp3) is 0.222. The van der Waals surface area contributed by atoms with E-state index in [0.29, 0.717) is 11.7 Å². The minimum Gasteiger partial charge on any atom is -0.355 e. The van der Waals surface area contributed by atoms with Crippen LogP contribution in [0.25, 0.3) is 5.69 Å². The molecule has 1 aromatic heterocycles. The number of aryl methyl sites for hydroxylation is 1. The Balaban J connectivity index is 1.45. The minimum atomic E-state index is -0.0250. The molecule has 2 aromatic carbocycles. The molecule has 6 nitrogen and oxygen atoms in total. The smallest absolute Gasteiger partial charge is 0.230 e. The number of thioether (sulfide) groups is 2. The third-order valence-corrected chi connectivity index (χ3v) is 5.49. The van der Waals surface area contributed by atoms with Gasteiger partial charge in [-0.05, 0) is 41.1 Å². The van der Waals surface area contributed by atoms with Crippen molar-refractivity contribution < 1.29 is 4.79 Å². The van der Waals surface area contributed by atoms with Crippen LogP contribution in [-0.4, -0.2) is 44.2 Å². The van der Waals surface area contributed by atoms with E-state index >= 15 is 0 Å². The van der Waals surface area contributed by atoms with Crippen molar-refractivity contribution in [1.82, 2.24) is 25.5 Å². The summed E-state index contributed by atoms with van der Waals surface area (Å²) < 4.78 is 1.67. The first-order valence-corrected chi connectivity index (χ1v) is 10.1. The van der Waals surface area contributed by atoms with Crippen LogP contribution in [0.2, 0.25) is 0 Å². The lowest BCUT2D eigenvalue weighted by Gasteiger charge is -2.07. The molecule has 0 spiro atoms. The summed E-state index contributed by atoms with van der Waals surface area (Å²) >= 11 is 3.05. The van der Waals surface area contributed by atoms with E-state index in [1.807, 2.05) is 49.4 Å². The predicted octanol–water partition coefficient (Wildman–Crippen LogP) is 2.97. The van der Waals surface area contributed by atoms with Crippen molar-refractivity contribution in [2.75, 3.05) is 18.1 Å². The number of tetrazole rings is 1. The normalized spacial score (nSPS) is 10.7. The molecular weight excluding hydrogens is 366 g/mol. The first-order valence-electron chi connectivity index (χ1n) is 8.16. The Hall–Kier alpha value is -2.32. The number of hydrogen-bond acceptors (Lipinski definition) is 6. The number of rotatable bonds is 8. The van der Waals surface area contributed by atoms with Gasteiger partial charge in [-0.2, -0.15) is 4.68 Å². The van der Waals surface area contributed by atoms with E-state index in [-0.39, 0.29) is 11.7 Å². The highest BCUT2D eigenvalue weighted by molar-refractivity contribution is 7.99. The number of hydrogen-bond donors (Lipinski definition) is 1. The van der Waals surface area contributed by atoms with Crippen LogP contribution in [0.4, 0.5) is 0 Å². The van der Waals surface area contributed by atoms with Crippen LogP contribution in [0.15, 0.2) is 64.6 Å². The van der Waals surface area contributed by atoms with E-state index in [2.05, 4.69) is 33.0 Å². The van der Waals surface area contributed by atoms with Gasteiger partial charge in [0.15, 0.2) is 0 Å². The molecule has 1 amide bonds. The average Bonchev–Trinajstić information content (AvgIpc) is 3.13. The largest absolute Gasteiger partial charge is 0.355 e. The zero-order valence-corrected chi connectivity index (χ0v) is 16.0. The van der Waals surface area contributed by atoms with Crippen molar-refractivity contribution in [1.29, 1.82) is 0 Å². The topological polar surface area (TPSA) is 72.7 Å². The fourth-order valence-electron chi connectivity index (χ4n) is 2.28. The van der Waals surface area contributed by atoms with Gasteiger partial charge in [0, 0.05) is 17.2 Å². The first kappa shape index (κ1) is 18.5. The molecule has 3 aromatic rings. The quantitative estimate of drug-likeness (QED) is 0.475. The summed E-state index contributed by atoms with van der Waals surface area (Å²) in [6.07, 6.45) is 0. The van der Waals surface area contributed by atoms with Gasteiger partial charge in [-0.15, -0.1) is 16.9 Å². The Morgan fingerprint density at radius 2 is 1.85 bits per heavy atom. The number of nitrogens with zero attached hydrogens (tertiary/aromatic N) is 4. The monoisotopic (exact) mass is 385 g/mol. The number of benzene rings is 2. The van der Waals surface area contributed by atoms with Crippen LogP contribution in [0, 0.1) is 6.92 Å². The zero-order chi connectivity index (χ0) is 18.2. The van der Waals surface area contributed by atoms with Crippen LogP contribution < -0.4 is 5.32 Å². The zero-order valence-electron chi connectivity index (χ0n) is 14.3. The second-order valence-corrected chi connectivity index (χ2v) is 7.57. The highest BCUT2D eigenvalue weighted by Gasteiger charge is 2.12. The lowest BCUT2D eigenvalue weighted by molar-refractivity contribution is -0.118. The molecule has 0 saturated carbocycles. The minimum absolute atomic E-state index is 0.0250. The van der Waals surface area contributed by atoms with Crippen molar-refractivity contribution in [3.05, 3.63) is 60.2 Å². The molecule has 1 heterocycles. The van der Waals surface area contributed by atoms with E-state index < -0.39 is 0 Å². The standard InChI is InChI=1S/C18H19N5OS2/c1-14-7-5-6-10-16(14)23-18(20-21-22-23)26-13-17(24)19-11-12-25-15-8-3-2-4-9-15/h2-10H,11-13H2,1H3,(H,19,24). The molecule has 134 valence electrons. The van der Waals surface area contributed by atoms with Gasteiger partial charge in [0.05, 0.1) is 11.4 Å². The Bertz CT molecular complexity index is 854. The molecule has 0 aliphatic heterocycles. The number of aromatic nitrogens is 4. The molecule has 0 atom stereocenters. The number of para-hydroxylation sites is 1. The first-order chi connectivity index (χ1) is 12.7. The summed E-state index contributed by atoms with van der Waals surface area (Å²) in [5.74, 6) is 1.09. The van der Waals surface area contributed by atoms with E-state index in [9.17, 15) is 4.79 Å². The number of carbonyl (C=O) groups excluding carboxylic acids is 1. The maximum atomic E-state index is 12.0. The highest BCUT2D eigenvalue weighted by atomic mass is 32.2. The molecule has 0 aliphatic rings. The molecule has 3 rings (SSSR count). The highest BCUT2D eigenvalue weighted by Crippen LogP contribution is 2.20. The van der Waals surface area contributed by atoms with Crippen LogP contribution in [0.5, 0.6) is 0 Å². The van der Waals surface area contributed by atoms with Crippen molar-refractivity contribution in [2.45, 2.75) is 17.0 Å². The van der Waals surface area contributed by atoms with E-state index in [1.54, 1.807) is 16.4 Å². The van der Waals surface area contributed by atoms with Crippen molar-refractivity contribution in [3.63, 3.8) is 0 Å². The average molecular weight is 386 g/mol. The summed E-state index contributed by atoms with van der Waals surface area (Å²) in [4.78, 5) is 13.2. The van der Waals surface area contributed by atoms with Gasteiger partial charge in [0.25, 0.3) is 0 Å². The van der Waals surface area contributed by atoms with Gasteiger partial charge in [0.2, 0.25) is 11.1 Å². The molecule has 1 N–H and O–H groups in total. The van der Waals surface area contributed by atoms with Crippen LogP contribution in [0.3, 0.4) is 0 Å². The van der Waals surface area contributed by atoms with Gasteiger partial charge in [-0.3, -0.25) is 4.79 Å². The summed E-state index contributed by atoms with van der Waals surface area (Å²) in [6, 6.07) is 18.0. The molecule has 26 heavy (non-hydrogen) atoms. The fourth-order valence-corrected chi connectivity index (χ4v) is 3.78. The van der Waals surface area contributed by atoms with Gasteiger partial charge in [0.1, 0.15) is 0 Å². The molecule has 0 bridgehead atoms.